The lowest BCUT2D eigenvalue weighted by Crippen LogP contribution is -2.30. The van der Waals surface area contributed by atoms with Crippen LogP contribution >= 0.6 is 11.6 Å². The monoisotopic (exact) mass is 493 g/mol. The average molecular weight is 494 g/mol. The molecule has 0 aliphatic carbocycles. The van der Waals surface area contributed by atoms with Crippen molar-refractivity contribution >= 4 is 34.7 Å². The molecule has 180 valence electrons. The van der Waals surface area contributed by atoms with Gasteiger partial charge in [0.1, 0.15) is 23.0 Å². The molecule has 0 aromatic heterocycles. The second-order valence-corrected chi connectivity index (χ2v) is 8.64. The van der Waals surface area contributed by atoms with E-state index in [2.05, 4.69) is 0 Å². The lowest BCUT2D eigenvalue weighted by atomic mass is 9.94. The van der Waals surface area contributed by atoms with Crippen molar-refractivity contribution in [1.29, 1.82) is 0 Å². The molecule has 2 N–H and O–H groups in total. The second-order valence-electron chi connectivity index (χ2n) is 8.24. The Morgan fingerprint density at radius 2 is 1.60 bits per heavy atom. The third-order valence-electron chi connectivity index (χ3n) is 5.99. The standard InChI is InChI=1S/C27H24ClNO6/c1-14-5-10-20(15(2)11-14)29-24(16-6-8-17(30)9-7-16)23(26(32)27(29)33)25(31)18-12-19(28)22(35-4)13-21(18)34-3/h5-13,24,30-31H,1-4H3/b25-23+. The fourth-order valence-electron chi connectivity index (χ4n) is 4.32. The van der Waals surface area contributed by atoms with E-state index in [9.17, 15) is 19.8 Å². The van der Waals surface area contributed by atoms with Gasteiger partial charge in [-0.2, -0.15) is 0 Å². The minimum Gasteiger partial charge on any atom is -0.508 e. The maximum atomic E-state index is 13.4. The number of phenolic OH excluding ortho intramolecular Hbond substituents is 1. The van der Waals surface area contributed by atoms with Gasteiger partial charge < -0.3 is 19.7 Å². The average Bonchev–Trinajstić information content (AvgIpc) is 3.09. The SMILES string of the molecule is COc1cc(OC)c(/C(O)=C2\C(=O)C(=O)N(c3ccc(C)cc3C)C2c2ccc(O)cc2)cc1Cl. The van der Waals surface area contributed by atoms with Crippen LogP contribution in [0.4, 0.5) is 5.69 Å². The van der Waals surface area contributed by atoms with Crippen LogP contribution in [0.25, 0.3) is 5.76 Å². The molecule has 7 nitrogen and oxygen atoms in total. The largest absolute Gasteiger partial charge is 0.508 e. The molecule has 35 heavy (non-hydrogen) atoms. The Labute approximate surface area is 207 Å². The third kappa shape index (κ3) is 4.19. The van der Waals surface area contributed by atoms with E-state index in [0.717, 1.165) is 11.1 Å². The predicted octanol–water partition coefficient (Wildman–Crippen LogP) is 5.31. The predicted molar refractivity (Wildman–Crippen MR) is 133 cm³/mol. The van der Waals surface area contributed by atoms with Crippen molar-refractivity contribution in [2.24, 2.45) is 0 Å². The Morgan fingerprint density at radius 1 is 0.943 bits per heavy atom. The highest BCUT2D eigenvalue weighted by atomic mass is 35.5. The Hall–Kier alpha value is -3.97. The highest BCUT2D eigenvalue weighted by Crippen LogP contribution is 2.45. The van der Waals surface area contributed by atoms with Crippen molar-refractivity contribution in [1.82, 2.24) is 0 Å². The van der Waals surface area contributed by atoms with Gasteiger partial charge in [-0.1, -0.05) is 41.4 Å². The number of aliphatic hydroxyl groups excluding tert-OH is 1. The summed E-state index contributed by atoms with van der Waals surface area (Å²) in [6, 6.07) is 13.6. The number of nitrogens with zero attached hydrogens (tertiary/aromatic N) is 1. The first kappa shape index (κ1) is 24.2. The van der Waals surface area contributed by atoms with Crippen LogP contribution in [0.2, 0.25) is 5.02 Å². The summed E-state index contributed by atoms with van der Waals surface area (Å²) in [7, 11) is 2.85. The molecule has 4 rings (SSSR count). The molecule has 0 saturated carbocycles. The third-order valence-corrected chi connectivity index (χ3v) is 6.29. The summed E-state index contributed by atoms with van der Waals surface area (Å²) in [6.07, 6.45) is 0. The lowest BCUT2D eigenvalue weighted by Gasteiger charge is -2.27. The quantitative estimate of drug-likeness (QED) is 0.284. The first-order chi connectivity index (χ1) is 16.7. The van der Waals surface area contributed by atoms with Gasteiger partial charge >= 0.3 is 0 Å². The van der Waals surface area contributed by atoms with Crippen LogP contribution < -0.4 is 14.4 Å². The molecular weight excluding hydrogens is 470 g/mol. The topological polar surface area (TPSA) is 96.3 Å². The van der Waals surface area contributed by atoms with Crippen molar-refractivity contribution in [2.45, 2.75) is 19.9 Å². The number of aromatic hydroxyl groups is 1. The van der Waals surface area contributed by atoms with E-state index in [1.807, 2.05) is 26.0 Å². The van der Waals surface area contributed by atoms with E-state index in [1.165, 1.54) is 43.4 Å². The summed E-state index contributed by atoms with van der Waals surface area (Å²) < 4.78 is 10.6. The molecule has 1 aliphatic heterocycles. The minimum absolute atomic E-state index is 0.0285. The number of rotatable bonds is 5. The van der Waals surface area contributed by atoms with Crippen LogP contribution in [0.1, 0.15) is 28.3 Å². The molecule has 0 spiro atoms. The van der Waals surface area contributed by atoms with Crippen LogP contribution in [0.15, 0.2) is 60.2 Å². The molecule has 1 fully saturated rings. The molecule has 0 radical (unpaired) electrons. The Bertz CT molecular complexity index is 1360. The number of hydrogen-bond acceptors (Lipinski definition) is 6. The van der Waals surface area contributed by atoms with Gasteiger partial charge in [-0.3, -0.25) is 14.5 Å². The first-order valence-electron chi connectivity index (χ1n) is 10.8. The van der Waals surface area contributed by atoms with Gasteiger partial charge in [0.2, 0.25) is 0 Å². The number of ether oxygens (including phenoxy) is 2. The molecule has 8 heteroatoms. The second kappa shape index (κ2) is 9.35. The number of carbonyl (C=O) groups is 2. The van der Waals surface area contributed by atoms with Gasteiger partial charge in [0, 0.05) is 11.8 Å². The molecule has 1 heterocycles. The van der Waals surface area contributed by atoms with Gasteiger partial charge in [0.25, 0.3) is 11.7 Å². The van der Waals surface area contributed by atoms with Crippen molar-refractivity contribution in [3.8, 4) is 17.2 Å². The number of hydrogen-bond donors (Lipinski definition) is 2. The minimum atomic E-state index is -0.956. The van der Waals surface area contributed by atoms with E-state index in [0.29, 0.717) is 17.0 Å². The number of amides is 1. The number of aryl methyl sites for hydroxylation is 2. The number of phenols is 1. The summed E-state index contributed by atoms with van der Waals surface area (Å²) in [5.74, 6) is -1.50. The summed E-state index contributed by atoms with van der Waals surface area (Å²) in [5.41, 5.74) is 2.87. The van der Waals surface area contributed by atoms with E-state index in [4.69, 9.17) is 21.1 Å². The van der Waals surface area contributed by atoms with Crippen molar-refractivity contribution in [3.05, 3.63) is 87.4 Å². The molecule has 1 atom stereocenters. The fourth-order valence-corrected chi connectivity index (χ4v) is 4.56. The zero-order valence-electron chi connectivity index (χ0n) is 19.6. The van der Waals surface area contributed by atoms with Crippen molar-refractivity contribution < 1.29 is 29.3 Å². The van der Waals surface area contributed by atoms with Crippen LogP contribution in [-0.2, 0) is 9.59 Å². The van der Waals surface area contributed by atoms with Gasteiger partial charge in [0.05, 0.1) is 36.4 Å². The molecular formula is C27H24ClNO6. The number of Topliss-reactive ketones (excluding diaryl/α,β-unsaturated/α-hetero) is 1. The summed E-state index contributed by atoms with van der Waals surface area (Å²) in [6.45, 7) is 3.78. The zero-order chi connectivity index (χ0) is 25.4. The maximum Gasteiger partial charge on any atom is 0.300 e. The zero-order valence-corrected chi connectivity index (χ0v) is 20.4. The maximum absolute atomic E-state index is 13.4. The highest BCUT2D eigenvalue weighted by Gasteiger charge is 2.47. The van der Waals surface area contributed by atoms with Crippen LogP contribution in [0, 0.1) is 13.8 Å². The molecule has 1 aliphatic rings. The summed E-state index contributed by atoms with van der Waals surface area (Å²) >= 11 is 6.30. The molecule has 3 aromatic carbocycles. The van der Waals surface area contributed by atoms with Gasteiger partial charge in [0.15, 0.2) is 0 Å². The Morgan fingerprint density at radius 3 is 2.20 bits per heavy atom. The Balaban J connectivity index is 2.00. The van der Waals surface area contributed by atoms with E-state index in [-0.39, 0.29) is 27.7 Å². The van der Waals surface area contributed by atoms with Gasteiger partial charge in [-0.05, 0) is 49.2 Å². The van der Waals surface area contributed by atoms with E-state index < -0.39 is 23.5 Å². The number of anilines is 1. The number of aliphatic hydroxyl groups is 1. The van der Waals surface area contributed by atoms with E-state index in [1.54, 1.807) is 18.2 Å². The number of methoxy groups -OCH3 is 2. The molecule has 1 saturated heterocycles. The summed E-state index contributed by atoms with van der Waals surface area (Å²) in [4.78, 5) is 28.1. The molecule has 1 amide bonds. The first-order valence-corrected chi connectivity index (χ1v) is 11.1. The normalized spacial score (nSPS) is 17.1. The smallest absolute Gasteiger partial charge is 0.300 e. The fraction of sp³-hybridized carbons (Fsp3) is 0.185. The number of ketones is 1. The van der Waals surface area contributed by atoms with Crippen LogP contribution in [-0.4, -0.2) is 36.1 Å². The number of benzene rings is 3. The Kier molecular flexibility index (Phi) is 6.45. The van der Waals surface area contributed by atoms with Gasteiger partial charge in [-0.25, -0.2) is 0 Å². The van der Waals surface area contributed by atoms with Crippen LogP contribution in [0.5, 0.6) is 17.2 Å². The van der Waals surface area contributed by atoms with Crippen molar-refractivity contribution in [3.63, 3.8) is 0 Å². The van der Waals surface area contributed by atoms with Crippen LogP contribution in [0.3, 0.4) is 0 Å². The molecule has 3 aromatic rings. The number of carbonyl (C=O) groups excluding carboxylic acids is 2. The summed E-state index contributed by atoms with van der Waals surface area (Å²) in [5, 5.41) is 21.4. The lowest BCUT2D eigenvalue weighted by molar-refractivity contribution is -0.132. The number of halogens is 1. The van der Waals surface area contributed by atoms with Gasteiger partial charge in [-0.15, -0.1) is 0 Å². The van der Waals surface area contributed by atoms with E-state index >= 15 is 0 Å². The highest BCUT2D eigenvalue weighted by molar-refractivity contribution is 6.52. The van der Waals surface area contributed by atoms with Crippen molar-refractivity contribution in [2.75, 3.05) is 19.1 Å². The molecule has 1 unspecified atom stereocenters. The molecule has 0 bridgehead atoms.